The number of nitrogens with zero attached hydrogens (tertiary/aromatic N) is 3. The molecule has 2 aromatic heterocycles. The van der Waals surface area contributed by atoms with Crippen LogP contribution in [0.3, 0.4) is 0 Å². The number of benzene rings is 1. The van der Waals surface area contributed by atoms with Gasteiger partial charge in [0.15, 0.2) is 0 Å². The molecule has 0 aliphatic heterocycles. The number of carbonyl (C=O) groups is 1. The number of hydrogen-bond donors (Lipinski definition) is 1. The Morgan fingerprint density at radius 2 is 2.00 bits per heavy atom. The number of rotatable bonds is 6. The maximum atomic E-state index is 14.2. The molecule has 1 aromatic carbocycles. The second-order valence-electron chi connectivity index (χ2n) is 6.89. The molecule has 3 aromatic rings. The van der Waals surface area contributed by atoms with Gasteiger partial charge in [-0.3, -0.25) is 9.78 Å². The van der Waals surface area contributed by atoms with E-state index in [2.05, 4.69) is 20.3 Å². The molecule has 0 unspecified atom stereocenters. The topological polar surface area (TPSA) is 86.2 Å². The Morgan fingerprint density at radius 3 is 2.73 bits per heavy atom. The van der Waals surface area contributed by atoms with Gasteiger partial charge in [-0.2, -0.15) is 0 Å². The molecule has 30 heavy (non-hydrogen) atoms. The summed E-state index contributed by atoms with van der Waals surface area (Å²) >= 11 is 0. The first-order valence-electron chi connectivity index (χ1n) is 9.65. The van der Waals surface area contributed by atoms with Crippen LogP contribution in [0.1, 0.15) is 28.5 Å². The van der Waals surface area contributed by atoms with Crippen molar-refractivity contribution in [3.8, 4) is 22.9 Å². The number of aromatic nitrogens is 3. The highest BCUT2D eigenvalue weighted by Gasteiger charge is 2.29. The summed E-state index contributed by atoms with van der Waals surface area (Å²) in [5.41, 5.74) is 2.81. The lowest BCUT2D eigenvalue weighted by Gasteiger charge is -2.12. The minimum atomic E-state index is -0.361. The molecule has 154 valence electrons. The number of ether oxygens (including phenoxy) is 2. The van der Waals surface area contributed by atoms with Gasteiger partial charge in [0.05, 0.1) is 31.8 Å². The second-order valence-corrected chi connectivity index (χ2v) is 6.89. The monoisotopic (exact) mass is 408 g/mol. The van der Waals surface area contributed by atoms with Crippen molar-refractivity contribution in [2.75, 3.05) is 13.7 Å². The Morgan fingerprint density at radius 1 is 1.17 bits per heavy atom. The number of methoxy groups -OCH3 is 1. The first-order valence-corrected chi connectivity index (χ1v) is 9.65. The Labute approximate surface area is 173 Å². The molecule has 0 spiro atoms. The molecule has 8 heteroatoms. The van der Waals surface area contributed by atoms with Gasteiger partial charge in [0.1, 0.15) is 17.3 Å². The highest BCUT2D eigenvalue weighted by molar-refractivity contribution is 5.92. The summed E-state index contributed by atoms with van der Waals surface area (Å²) in [6, 6.07) is 6.31. The van der Waals surface area contributed by atoms with Crippen LogP contribution in [0.5, 0.6) is 11.6 Å². The lowest BCUT2D eigenvalue weighted by Crippen LogP contribution is -2.36. The summed E-state index contributed by atoms with van der Waals surface area (Å²) in [6.07, 6.45) is 5.50. The zero-order chi connectivity index (χ0) is 21.1. The highest BCUT2D eigenvalue weighted by atomic mass is 19.1. The molecule has 0 fully saturated rings. The molecule has 0 bridgehead atoms. The van der Waals surface area contributed by atoms with Crippen LogP contribution in [0, 0.1) is 5.82 Å². The van der Waals surface area contributed by atoms with E-state index in [1.807, 2.05) is 13.0 Å². The molecule has 2 heterocycles. The summed E-state index contributed by atoms with van der Waals surface area (Å²) in [5, 5.41) is 2.93. The van der Waals surface area contributed by atoms with Crippen molar-refractivity contribution >= 4 is 5.91 Å². The molecule has 1 aliphatic carbocycles. The molecule has 1 aliphatic rings. The molecule has 0 saturated carbocycles. The fraction of sp³-hybridized carbons (Fsp3) is 0.273. The lowest BCUT2D eigenvalue weighted by atomic mass is 10.1. The fourth-order valence-corrected chi connectivity index (χ4v) is 3.58. The van der Waals surface area contributed by atoms with Crippen molar-refractivity contribution in [3.63, 3.8) is 0 Å². The molecule has 1 N–H and O–H groups in total. The minimum Gasteiger partial charge on any atom is -0.496 e. The smallest absolute Gasteiger partial charge is 0.271 e. The van der Waals surface area contributed by atoms with Gasteiger partial charge >= 0.3 is 0 Å². The first kappa shape index (κ1) is 19.8. The zero-order valence-electron chi connectivity index (χ0n) is 16.7. The van der Waals surface area contributed by atoms with Gasteiger partial charge in [-0.25, -0.2) is 14.4 Å². The molecule has 1 amide bonds. The third-order valence-corrected chi connectivity index (χ3v) is 4.98. The summed E-state index contributed by atoms with van der Waals surface area (Å²) < 4.78 is 24.8. The minimum absolute atomic E-state index is 0.185. The van der Waals surface area contributed by atoms with E-state index in [1.54, 1.807) is 31.6 Å². The maximum absolute atomic E-state index is 14.2. The summed E-state index contributed by atoms with van der Waals surface area (Å²) in [7, 11) is 1.55. The number of amides is 1. The predicted molar refractivity (Wildman–Crippen MR) is 108 cm³/mol. The van der Waals surface area contributed by atoms with Crippen LogP contribution in [-0.2, 0) is 12.8 Å². The van der Waals surface area contributed by atoms with Crippen LogP contribution >= 0.6 is 0 Å². The Balaban J connectivity index is 1.48. The number of halogens is 1. The molecule has 0 saturated heterocycles. The Hall–Kier alpha value is -3.55. The Kier molecular flexibility index (Phi) is 5.56. The van der Waals surface area contributed by atoms with Gasteiger partial charge in [-0.15, -0.1) is 0 Å². The van der Waals surface area contributed by atoms with E-state index in [-0.39, 0.29) is 23.5 Å². The van der Waals surface area contributed by atoms with Crippen molar-refractivity contribution < 1.29 is 18.7 Å². The third kappa shape index (κ3) is 3.94. The van der Waals surface area contributed by atoms with Crippen LogP contribution in [0.25, 0.3) is 11.3 Å². The summed E-state index contributed by atoms with van der Waals surface area (Å²) in [4.78, 5) is 25.5. The molecule has 7 nitrogen and oxygen atoms in total. The van der Waals surface area contributed by atoms with Crippen molar-refractivity contribution in [2.45, 2.75) is 25.8 Å². The van der Waals surface area contributed by atoms with Gasteiger partial charge in [0, 0.05) is 29.4 Å². The Bertz CT molecular complexity index is 1070. The van der Waals surface area contributed by atoms with E-state index in [1.165, 1.54) is 12.3 Å². The molecular weight excluding hydrogens is 387 g/mol. The van der Waals surface area contributed by atoms with Crippen LogP contribution in [0.2, 0.25) is 0 Å². The van der Waals surface area contributed by atoms with Crippen LogP contribution in [0.15, 0.2) is 42.9 Å². The molecule has 1 atom stereocenters. The first-order chi connectivity index (χ1) is 14.6. The number of nitrogens with one attached hydrogen (secondary N) is 1. The van der Waals surface area contributed by atoms with E-state index < -0.39 is 0 Å². The second kappa shape index (κ2) is 8.44. The van der Waals surface area contributed by atoms with Crippen molar-refractivity contribution in [2.24, 2.45) is 0 Å². The predicted octanol–water partition coefficient (Wildman–Crippen LogP) is 2.98. The van der Waals surface area contributed by atoms with Crippen LogP contribution < -0.4 is 14.8 Å². The average Bonchev–Trinajstić information content (AvgIpc) is 3.19. The molecular formula is C22H21FN4O3. The van der Waals surface area contributed by atoms with Crippen molar-refractivity contribution in [3.05, 3.63) is 65.5 Å². The molecule has 4 rings (SSSR count). The SMILES string of the molecule is CCOc1ccc(-c2cncc(C(=O)N[C@H]3Cc4c(F)ccc(OC)c4C3)n2)cn1. The fourth-order valence-electron chi connectivity index (χ4n) is 3.58. The molecule has 0 radical (unpaired) electrons. The van der Waals surface area contributed by atoms with E-state index >= 15 is 0 Å². The third-order valence-electron chi connectivity index (χ3n) is 4.98. The number of carbonyl (C=O) groups excluding carboxylic acids is 1. The number of hydrogen-bond acceptors (Lipinski definition) is 6. The van der Waals surface area contributed by atoms with E-state index in [0.29, 0.717) is 42.3 Å². The summed E-state index contributed by atoms with van der Waals surface area (Å²) in [6.45, 7) is 2.42. The number of fused-ring (bicyclic) bond motifs is 1. The normalized spacial score (nSPS) is 14.8. The standard InChI is InChI=1S/C22H21FN4O3/c1-3-30-21-7-4-13(10-25-21)18-11-24-12-19(27-18)22(28)26-14-8-15-16(9-14)20(29-2)6-5-17(15)23/h4-7,10-12,14H,3,8-9H2,1-2H3,(H,26,28)/t14-/m0/s1. The van der Waals surface area contributed by atoms with Gasteiger partial charge in [-0.05, 0) is 43.5 Å². The zero-order valence-corrected chi connectivity index (χ0v) is 16.7. The quantitative estimate of drug-likeness (QED) is 0.675. The van der Waals surface area contributed by atoms with Crippen LogP contribution in [-0.4, -0.2) is 40.6 Å². The van der Waals surface area contributed by atoms with Gasteiger partial charge in [0.25, 0.3) is 5.91 Å². The largest absolute Gasteiger partial charge is 0.496 e. The van der Waals surface area contributed by atoms with Crippen molar-refractivity contribution in [1.82, 2.24) is 20.3 Å². The lowest BCUT2D eigenvalue weighted by molar-refractivity contribution is 0.0933. The average molecular weight is 408 g/mol. The van der Waals surface area contributed by atoms with E-state index in [4.69, 9.17) is 9.47 Å². The van der Waals surface area contributed by atoms with Gasteiger partial charge < -0.3 is 14.8 Å². The van der Waals surface area contributed by atoms with E-state index in [9.17, 15) is 9.18 Å². The van der Waals surface area contributed by atoms with Gasteiger partial charge in [-0.1, -0.05) is 0 Å². The number of pyridine rings is 1. The maximum Gasteiger partial charge on any atom is 0.271 e. The van der Waals surface area contributed by atoms with Crippen LogP contribution in [0.4, 0.5) is 4.39 Å². The van der Waals surface area contributed by atoms with Gasteiger partial charge in [0.2, 0.25) is 5.88 Å². The van der Waals surface area contributed by atoms with E-state index in [0.717, 1.165) is 11.1 Å². The summed E-state index contributed by atoms with van der Waals surface area (Å²) in [5.74, 6) is 0.507. The highest BCUT2D eigenvalue weighted by Crippen LogP contribution is 2.32. The van der Waals surface area contributed by atoms with Crippen molar-refractivity contribution in [1.29, 1.82) is 0 Å².